The van der Waals surface area contributed by atoms with Gasteiger partial charge in [-0.2, -0.15) is 0 Å². The van der Waals surface area contributed by atoms with Crippen molar-refractivity contribution in [1.29, 1.82) is 0 Å². The zero-order chi connectivity index (χ0) is 14.2. The van der Waals surface area contributed by atoms with Gasteiger partial charge in [-0.3, -0.25) is 0 Å². The topological polar surface area (TPSA) is 51.0 Å². The molecule has 3 aromatic heterocycles. The number of hydrogen-bond donors (Lipinski definition) is 1. The Labute approximate surface area is 125 Å². The van der Waals surface area contributed by atoms with Crippen LogP contribution in [0.15, 0.2) is 46.4 Å². The van der Waals surface area contributed by atoms with E-state index in [-0.39, 0.29) is 0 Å². The minimum atomic E-state index is 0.700. The van der Waals surface area contributed by atoms with Gasteiger partial charge in [-0.1, -0.05) is 18.2 Å². The van der Waals surface area contributed by atoms with Gasteiger partial charge in [-0.15, -0.1) is 11.3 Å². The van der Waals surface area contributed by atoms with Gasteiger partial charge in [0, 0.05) is 11.9 Å². The van der Waals surface area contributed by atoms with Crippen LogP contribution in [0.3, 0.4) is 0 Å². The van der Waals surface area contributed by atoms with Gasteiger partial charge in [-0.25, -0.2) is 9.97 Å². The molecule has 3 heterocycles. The molecule has 0 aliphatic carbocycles. The van der Waals surface area contributed by atoms with Crippen LogP contribution in [0.4, 0.5) is 5.82 Å². The summed E-state index contributed by atoms with van der Waals surface area (Å²) >= 11 is 1.62. The molecular weight excluding hydrogens is 282 g/mol. The van der Waals surface area contributed by atoms with E-state index < -0.39 is 0 Å². The van der Waals surface area contributed by atoms with E-state index in [1.165, 1.54) is 0 Å². The van der Waals surface area contributed by atoms with Crippen LogP contribution in [0.1, 0.15) is 6.92 Å². The average molecular weight is 295 g/mol. The molecule has 4 nitrogen and oxygen atoms in total. The van der Waals surface area contributed by atoms with Crippen molar-refractivity contribution < 1.29 is 4.42 Å². The summed E-state index contributed by atoms with van der Waals surface area (Å²) in [7, 11) is 0. The van der Waals surface area contributed by atoms with Crippen molar-refractivity contribution in [3.63, 3.8) is 0 Å². The van der Waals surface area contributed by atoms with Gasteiger partial charge < -0.3 is 9.73 Å². The monoisotopic (exact) mass is 295 g/mol. The lowest BCUT2D eigenvalue weighted by Gasteiger charge is -2.06. The normalized spacial score (nSPS) is 11.3. The summed E-state index contributed by atoms with van der Waals surface area (Å²) < 4.78 is 5.60. The number of thiophene rings is 1. The van der Waals surface area contributed by atoms with Crippen molar-refractivity contribution in [2.75, 3.05) is 11.9 Å². The molecular formula is C16H13N3OS. The molecule has 104 valence electrons. The molecule has 21 heavy (non-hydrogen) atoms. The minimum Gasteiger partial charge on any atom is -0.464 e. The molecule has 0 aliphatic heterocycles. The van der Waals surface area contributed by atoms with Crippen LogP contribution in [0.5, 0.6) is 0 Å². The van der Waals surface area contributed by atoms with Crippen molar-refractivity contribution in [3.05, 3.63) is 42.0 Å². The highest BCUT2D eigenvalue weighted by atomic mass is 32.1. The first kappa shape index (κ1) is 12.3. The predicted octanol–water partition coefficient (Wildman–Crippen LogP) is 4.54. The zero-order valence-electron chi connectivity index (χ0n) is 11.5. The van der Waals surface area contributed by atoms with Crippen LogP contribution < -0.4 is 5.32 Å². The van der Waals surface area contributed by atoms with Crippen molar-refractivity contribution in [3.8, 4) is 11.4 Å². The SMILES string of the molecule is CCNc1nc(-c2coc3ccccc23)nc2sccc12. The Morgan fingerprint density at radius 1 is 1.14 bits per heavy atom. The number of rotatable bonds is 3. The molecule has 0 bridgehead atoms. The van der Waals surface area contributed by atoms with Gasteiger partial charge in [0.15, 0.2) is 5.82 Å². The van der Waals surface area contributed by atoms with E-state index in [4.69, 9.17) is 4.42 Å². The first-order valence-corrected chi connectivity index (χ1v) is 7.70. The number of benzene rings is 1. The molecule has 0 saturated carbocycles. The number of nitrogens with one attached hydrogen (secondary N) is 1. The first-order valence-electron chi connectivity index (χ1n) is 6.82. The Morgan fingerprint density at radius 2 is 2.05 bits per heavy atom. The quantitative estimate of drug-likeness (QED) is 0.603. The summed E-state index contributed by atoms with van der Waals surface area (Å²) in [6, 6.07) is 9.99. The summed E-state index contributed by atoms with van der Waals surface area (Å²) in [6.45, 7) is 2.89. The van der Waals surface area contributed by atoms with Gasteiger partial charge >= 0.3 is 0 Å². The molecule has 0 fully saturated rings. The fourth-order valence-corrected chi connectivity index (χ4v) is 3.19. The van der Waals surface area contributed by atoms with Crippen LogP contribution >= 0.6 is 11.3 Å². The molecule has 1 aromatic carbocycles. The van der Waals surface area contributed by atoms with E-state index in [0.717, 1.165) is 39.1 Å². The van der Waals surface area contributed by atoms with E-state index in [9.17, 15) is 0 Å². The number of aromatic nitrogens is 2. The molecule has 4 aromatic rings. The maximum absolute atomic E-state index is 5.60. The van der Waals surface area contributed by atoms with Crippen molar-refractivity contribution in [2.45, 2.75) is 6.92 Å². The van der Waals surface area contributed by atoms with Gasteiger partial charge in [0.1, 0.15) is 22.5 Å². The van der Waals surface area contributed by atoms with Gasteiger partial charge in [0.05, 0.1) is 10.9 Å². The Morgan fingerprint density at radius 3 is 2.95 bits per heavy atom. The molecule has 0 unspecified atom stereocenters. The molecule has 1 N–H and O–H groups in total. The second kappa shape index (κ2) is 4.86. The maximum atomic E-state index is 5.60. The minimum absolute atomic E-state index is 0.700. The Bertz CT molecular complexity index is 925. The average Bonchev–Trinajstić information content (AvgIpc) is 3.13. The molecule has 0 spiro atoms. The summed E-state index contributed by atoms with van der Waals surface area (Å²) in [5.74, 6) is 1.58. The van der Waals surface area contributed by atoms with E-state index >= 15 is 0 Å². The van der Waals surface area contributed by atoms with Gasteiger partial charge in [0.2, 0.25) is 0 Å². The Hall–Kier alpha value is -2.40. The third-order valence-electron chi connectivity index (χ3n) is 3.39. The van der Waals surface area contributed by atoms with Gasteiger partial charge in [0.25, 0.3) is 0 Å². The summed E-state index contributed by atoms with van der Waals surface area (Å²) in [5, 5.41) is 7.46. The molecule has 0 amide bonds. The number of para-hydroxylation sites is 1. The van der Waals surface area contributed by atoms with Crippen LogP contribution in [0.25, 0.3) is 32.6 Å². The lowest BCUT2D eigenvalue weighted by atomic mass is 10.1. The smallest absolute Gasteiger partial charge is 0.167 e. The number of furan rings is 1. The standard InChI is InChI=1S/C16H13N3OS/c1-2-17-14-11-7-8-21-16(11)19-15(18-14)12-9-20-13-6-4-3-5-10(12)13/h3-9H,2H2,1H3,(H,17,18,19). The fraction of sp³-hybridized carbons (Fsp3) is 0.125. The van der Waals surface area contributed by atoms with E-state index in [1.54, 1.807) is 17.6 Å². The lowest BCUT2D eigenvalue weighted by molar-refractivity contribution is 0.616. The Kier molecular flexibility index (Phi) is 2.86. The number of fused-ring (bicyclic) bond motifs is 2. The zero-order valence-corrected chi connectivity index (χ0v) is 12.3. The van der Waals surface area contributed by atoms with Crippen LogP contribution in [-0.4, -0.2) is 16.5 Å². The molecule has 4 rings (SSSR count). The molecule has 0 aliphatic rings. The molecule has 0 saturated heterocycles. The van der Waals surface area contributed by atoms with E-state index in [0.29, 0.717) is 5.82 Å². The number of hydrogen-bond acceptors (Lipinski definition) is 5. The number of anilines is 1. The summed E-state index contributed by atoms with van der Waals surface area (Å²) in [4.78, 5) is 10.3. The van der Waals surface area contributed by atoms with Crippen molar-refractivity contribution in [1.82, 2.24) is 9.97 Å². The predicted molar refractivity (Wildman–Crippen MR) is 86.8 cm³/mol. The summed E-state index contributed by atoms with van der Waals surface area (Å²) in [5.41, 5.74) is 1.78. The molecule has 0 radical (unpaired) electrons. The highest BCUT2D eigenvalue weighted by molar-refractivity contribution is 7.16. The van der Waals surface area contributed by atoms with E-state index in [1.807, 2.05) is 29.6 Å². The van der Waals surface area contributed by atoms with Crippen LogP contribution in [0, 0.1) is 0 Å². The van der Waals surface area contributed by atoms with Crippen molar-refractivity contribution >= 4 is 38.3 Å². The highest BCUT2D eigenvalue weighted by Gasteiger charge is 2.14. The summed E-state index contributed by atoms with van der Waals surface area (Å²) in [6.07, 6.45) is 1.73. The van der Waals surface area contributed by atoms with Crippen molar-refractivity contribution in [2.24, 2.45) is 0 Å². The molecule has 0 atom stereocenters. The first-order chi connectivity index (χ1) is 10.4. The van der Waals surface area contributed by atoms with E-state index in [2.05, 4.69) is 28.3 Å². The van der Waals surface area contributed by atoms with Gasteiger partial charge in [-0.05, 0) is 24.4 Å². The molecule has 5 heteroatoms. The third-order valence-corrected chi connectivity index (χ3v) is 4.20. The second-order valence-corrected chi connectivity index (χ2v) is 5.61. The number of nitrogens with zero attached hydrogens (tertiary/aromatic N) is 2. The van der Waals surface area contributed by atoms with Crippen LogP contribution in [-0.2, 0) is 0 Å². The Balaban J connectivity index is 1.97. The lowest BCUT2D eigenvalue weighted by Crippen LogP contribution is -2.01. The maximum Gasteiger partial charge on any atom is 0.167 e. The third kappa shape index (κ3) is 1.97. The van der Waals surface area contributed by atoms with Crippen LogP contribution in [0.2, 0.25) is 0 Å². The fourth-order valence-electron chi connectivity index (χ4n) is 2.43. The largest absolute Gasteiger partial charge is 0.464 e. The highest BCUT2D eigenvalue weighted by Crippen LogP contribution is 2.32. The second-order valence-electron chi connectivity index (χ2n) is 4.71.